The van der Waals surface area contributed by atoms with E-state index in [0.29, 0.717) is 19.0 Å². The van der Waals surface area contributed by atoms with Crippen LogP contribution in [0.1, 0.15) is 56.6 Å². The van der Waals surface area contributed by atoms with Crippen molar-refractivity contribution in [3.8, 4) is 0 Å². The SMILES string of the molecule is CC1=C(C(=O)NCCCCN2CCC(=NOCc3ccccc3)CC2)C(C)N/C1=C\C1C(=O)Nc2ncc(Br)cc21. The van der Waals surface area contributed by atoms with Crippen molar-refractivity contribution < 1.29 is 14.4 Å². The Morgan fingerprint density at radius 3 is 2.80 bits per heavy atom. The molecule has 0 aliphatic carbocycles. The number of rotatable bonds is 10. The summed E-state index contributed by atoms with van der Waals surface area (Å²) in [5.41, 5.74) is 5.49. The van der Waals surface area contributed by atoms with Gasteiger partial charge in [-0.1, -0.05) is 35.5 Å². The molecule has 1 aromatic carbocycles. The molecule has 5 rings (SSSR count). The average molecular weight is 622 g/mol. The summed E-state index contributed by atoms with van der Waals surface area (Å²) in [6, 6.07) is 11.9. The van der Waals surface area contributed by atoms with Gasteiger partial charge in [-0.2, -0.15) is 0 Å². The fourth-order valence-electron chi connectivity index (χ4n) is 5.54. The smallest absolute Gasteiger partial charge is 0.249 e. The molecule has 0 saturated carbocycles. The van der Waals surface area contributed by atoms with Crippen LogP contribution < -0.4 is 16.0 Å². The summed E-state index contributed by atoms with van der Waals surface area (Å²) in [5.74, 6) is -0.0505. The quantitative estimate of drug-likeness (QED) is 0.264. The van der Waals surface area contributed by atoms with Crippen molar-refractivity contribution in [2.24, 2.45) is 5.16 Å². The predicted molar refractivity (Wildman–Crippen MR) is 163 cm³/mol. The number of hydrogen-bond acceptors (Lipinski definition) is 7. The van der Waals surface area contributed by atoms with Gasteiger partial charge in [-0.05, 0) is 72.4 Å². The fourth-order valence-corrected chi connectivity index (χ4v) is 5.89. The Morgan fingerprint density at radius 2 is 2.02 bits per heavy atom. The van der Waals surface area contributed by atoms with Crippen molar-refractivity contribution in [2.45, 2.75) is 58.1 Å². The summed E-state index contributed by atoms with van der Waals surface area (Å²) in [6.45, 7) is 8.03. The lowest BCUT2D eigenvalue weighted by Crippen LogP contribution is -2.35. The van der Waals surface area contributed by atoms with Crippen LogP contribution in [0.15, 0.2) is 75.1 Å². The number of nitrogens with one attached hydrogen (secondary N) is 3. The van der Waals surface area contributed by atoms with Gasteiger partial charge in [0, 0.05) is 60.0 Å². The average Bonchev–Trinajstić information content (AvgIpc) is 3.43. The van der Waals surface area contributed by atoms with Crippen molar-refractivity contribution >= 4 is 39.3 Å². The number of halogens is 1. The molecule has 2 aromatic rings. The van der Waals surface area contributed by atoms with E-state index in [1.54, 1.807) is 6.20 Å². The molecule has 1 saturated heterocycles. The van der Waals surface area contributed by atoms with Crippen molar-refractivity contribution in [1.29, 1.82) is 0 Å². The van der Waals surface area contributed by atoms with E-state index in [9.17, 15) is 9.59 Å². The minimum absolute atomic E-state index is 0.0547. The van der Waals surface area contributed by atoms with Gasteiger partial charge in [-0.3, -0.25) is 9.59 Å². The largest absolute Gasteiger partial charge is 0.391 e. The van der Waals surface area contributed by atoms with Gasteiger partial charge in [0.1, 0.15) is 12.4 Å². The molecule has 10 heteroatoms. The Kier molecular flexibility index (Phi) is 9.51. The highest BCUT2D eigenvalue weighted by atomic mass is 79.9. The number of anilines is 1. The van der Waals surface area contributed by atoms with E-state index in [2.05, 4.69) is 46.9 Å². The Bertz CT molecular complexity index is 1360. The number of likely N-dealkylation sites (tertiary alicyclic amines) is 1. The number of aromatic nitrogens is 1. The van der Waals surface area contributed by atoms with Gasteiger partial charge < -0.3 is 25.7 Å². The number of allylic oxidation sites excluding steroid dienone is 1. The van der Waals surface area contributed by atoms with Crippen LogP contribution in [-0.4, -0.2) is 59.6 Å². The second-order valence-corrected chi connectivity index (χ2v) is 11.7. The number of carbonyl (C=O) groups is 2. The van der Waals surface area contributed by atoms with Crippen LogP contribution in [0.5, 0.6) is 0 Å². The number of fused-ring (bicyclic) bond motifs is 1. The molecule has 2 atom stereocenters. The minimum atomic E-state index is -0.457. The number of oxime groups is 1. The molecule has 216 valence electrons. The third-order valence-electron chi connectivity index (χ3n) is 7.82. The monoisotopic (exact) mass is 620 g/mol. The molecule has 0 radical (unpaired) electrons. The fraction of sp³-hybridized carbons (Fsp3) is 0.419. The zero-order valence-electron chi connectivity index (χ0n) is 23.6. The molecule has 3 aliphatic rings. The molecule has 4 heterocycles. The number of pyridine rings is 1. The Labute approximate surface area is 249 Å². The van der Waals surface area contributed by atoms with Crippen molar-refractivity contribution in [3.05, 3.63) is 81.1 Å². The molecule has 3 aliphatic heterocycles. The number of carbonyl (C=O) groups excluding carboxylic acids is 2. The van der Waals surface area contributed by atoms with E-state index in [-0.39, 0.29) is 17.9 Å². The van der Waals surface area contributed by atoms with E-state index < -0.39 is 5.92 Å². The molecule has 0 bridgehead atoms. The van der Waals surface area contributed by atoms with Crippen LogP contribution in [0.25, 0.3) is 0 Å². The Hall–Kier alpha value is -3.50. The van der Waals surface area contributed by atoms with E-state index in [0.717, 1.165) is 83.5 Å². The second kappa shape index (κ2) is 13.4. The number of hydrogen-bond donors (Lipinski definition) is 3. The molecule has 1 aromatic heterocycles. The topological polar surface area (TPSA) is 108 Å². The van der Waals surface area contributed by atoms with Crippen molar-refractivity contribution in [3.63, 3.8) is 0 Å². The number of unbranched alkanes of at least 4 members (excludes halogenated alkanes) is 1. The lowest BCUT2D eigenvalue weighted by atomic mass is 9.99. The zero-order valence-corrected chi connectivity index (χ0v) is 25.2. The molecule has 0 spiro atoms. The van der Waals surface area contributed by atoms with E-state index in [1.807, 2.05) is 56.3 Å². The molecule has 41 heavy (non-hydrogen) atoms. The van der Waals surface area contributed by atoms with Gasteiger partial charge in [-0.15, -0.1) is 0 Å². The summed E-state index contributed by atoms with van der Waals surface area (Å²) in [7, 11) is 0. The number of benzene rings is 1. The van der Waals surface area contributed by atoms with Crippen LogP contribution in [0.2, 0.25) is 0 Å². The molecule has 2 amide bonds. The highest BCUT2D eigenvalue weighted by Crippen LogP contribution is 2.36. The number of nitrogens with zero attached hydrogens (tertiary/aromatic N) is 3. The second-order valence-electron chi connectivity index (χ2n) is 10.8. The predicted octanol–water partition coefficient (Wildman–Crippen LogP) is 4.64. The van der Waals surface area contributed by atoms with Gasteiger partial charge in [0.2, 0.25) is 11.8 Å². The van der Waals surface area contributed by atoms with Crippen LogP contribution in [0, 0.1) is 0 Å². The lowest BCUT2D eigenvalue weighted by Gasteiger charge is -2.27. The Morgan fingerprint density at radius 1 is 1.24 bits per heavy atom. The van der Waals surface area contributed by atoms with Crippen LogP contribution in [-0.2, 0) is 21.0 Å². The molecular formula is C31H37BrN6O3. The van der Waals surface area contributed by atoms with Gasteiger partial charge >= 0.3 is 0 Å². The zero-order chi connectivity index (χ0) is 28.8. The lowest BCUT2D eigenvalue weighted by molar-refractivity contribution is -0.118. The first-order valence-corrected chi connectivity index (χ1v) is 15.1. The van der Waals surface area contributed by atoms with Crippen molar-refractivity contribution in [2.75, 3.05) is 31.5 Å². The molecule has 9 nitrogen and oxygen atoms in total. The maximum atomic E-state index is 13.1. The summed E-state index contributed by atoms with van der Waals surface area (Å²) in [5, 5.41) is 13.7. The molecule has 1 fully saturated rings. The first-order valence-electron chi connectivity index (χ1n) is 14.3. The van der Waals surface area contributed by atoms with E-state index in [4.69, 9.17) is 4.84 Å². The summed E-state index contributed by atoms with van der Waals surface area (Å²) < 4.78 is 0.819. The van der Waals surface area contributed by atoms with Crippen LogP contribution >= 0.6 is 15.9 Å². The third-order valence-corrected chi connectivity index (χ3v) is 8.26. The standard InChI is InChI=1S/C31H37BrN6O3/c1-20-27(17-26-25-16-23(32)18-34-29(25)36-30(26)39)35-21(2)28(20)31(40)33-12-6-7-13-38-14-10-24(11-15-38)37-41-19-22-8-4-3-5-9-22/h3-5,8-9,16-18,21,26,35H,6-7,10-15,19H2,1-2H3,(H,33,40)(H,34,36,39)/b27-17-. The minimum Gasteiger partial charge on any atom is -0.391 e. The van der Waals surface area contributed by atoms with E-state index in [1.165, 1.54) is 0 Å². The van der Waals surface area contributed by atoms with Crippen LogP contribution in [0.3, 0.4) is 0 Å². The molecule has 2 unspecified atom stereocenters. The first kappa shape index (κ1) is 29.0. The van der Waals surface area contributed by atoms with Crippen LogP contribution in [0.4, 0.5) is 5.82 Å². The summed E-state index contributed by atoms with van der Waals surface area (Å²) in [4.78, 5) is 38.0. The summed E-state index contributed by atoms with van der Waals surface area (Å²) in [6.07, 6.45) is 7.36. The number of piperidine rings is 1. The number of amides is 2. The van der Waals surface area contributed by atoms with Crippen molar-refractivity contribution in [1.82, 2.24) is 20.5 Å². The highest BCUT2D eigenvalue weighted by molar-refractivity contribution is 9.10. The maximum Gasteiger partial charge on any atom is 0.249 e. The van der Waals surface area contributed by atoms with Gasteiger partial charge in [-0.25, -0.2) is 4.98 Å². The van der Waals surface area contributed by atoms with E-state index >= 15 is 0 Å². The van der Waals surface area contributed by atoms with Gasteiger partial charge in [0.15, 0.2) is 0 Å². The van der Waals surface area contributed by atoms with Gasteiger partial charge in [0.25, 0.3) is 0 Å². The summed E-state index contributed by atoms with van der Waals surface area (Å²) >= 11 is 3.44. The Balaban J connectivity index is 1.04. The molecular weight excluding hydrogens is 584 g/mol. The maximum absolute atomic E-state index is 13.1. The molecule has 3 N–H and O–H groups in total. The first-order chi connectivity index (χ1) is 19.9. The highest BCUT2D eigenvalue weighted by Gasteiger charge is 2.34. The third kappa shape index (κ3) is 7.23. The normalized spacial score (nSPS) is 21.5. The van der Waals surface area contributed by atoms with Gasteiger partial charge in [0.05, 0.1) is 17.7 Å².